The summed E-state index contributed by atoms with van der Waals surface area (Å²) >= 11 is 13.0. The number of ether oxygens (including phenoxy) is 2. The second kappa shape index (κ2) is 13.6. The van der Waals surface area contributed by atoms with Gasteiger partial charge in [-0.25, -0.2) is 0 Å². The highest BCUT2D eigenvalue weighted by atomic mass is 35.5. The van der Waals surface area contributed by atoms with Crippen LogP contribution in [0.15, 0.2) is 42.6 Å². The van der Waals surface area contributed by atoms with Crippen LogP contribution in [0.1, 0.15) is 54.4 Å². The highest BCUT2D eigenvalue weighted by Gasteiger charge is 2.31. The minimum atomic E-state index is -0.759. The maximum Gasteiger partial charge on any atom is 0.306 e. The molecule has 1 atom stereocenters. The number of ketones is 1. The number of nitrogens with zero attached hydrogens (tertiary/aromatic N) is 2. The van der Waals surface area contributed by atoms with Gasteiger partial charge in [0, 0.05) is 48.7 Å². The van der Waals surface area contributed by atoms with E-state index in [0.29, 0.717) is 47.5 Å². The van der Waals surface area contributed by atoms with Crippen molar-refractivity contribution in [1.29, 1.82) is 0 Å². The van der Waals surface area contributed by atoms with Crippen molar-refractivity contribution < 1.29 is 29.0 Å². The molecule has 0 bridgehead atoms. The van der Waals surface area contributed by atoms with Gasteiger partial charge in [0.15, 0.2) is 5.78 Å². The van der Waals surface area contributed by atoms with Crippen molar-refractivity contribution in [3.8, 4) is 0 Å². The molecular weight excluding hydrogens is 581 g/mol. The molecule has 2 aromatic carbocycles. The Kier molecular flexibility index (Phi) is 9.85. The number of amides is 1. The van der Waals surface area contributed by atoms with Crippen molar-refractivity contribution in [3.05, 3.63) is 63.8 Å². The lowest BCUT2D eigenvalue weighted by Gasteiger charge is -2.33. The number of rotatable bonds is 11. The van der Waals surface area contributed by atoms with Gasteiger partial charge in [-0.3, -0.25) is 19.3 Å². The summed E-state index contributed by atoms with van der Waals surface area (Å²) in [6, 6.07) is 10.8. The average Bonchev–Trinajstić information content (AvgIpc) is 3.63. The Labute approximate surface area is 254 Å². The quantitative estimate of drug-likeness (QED) is 0.258. The minimum absolute atomic E-state index is 0.00649. The van der Waals surface area contributed by atoms with Gasteiger partial charge in [-0.1, -0.05) is 41.4 Å². The van der Waals surface area contributed by atoms with E-state index in [0.717, 1.165) is 36.8 Å². The van der Waals surface area contributed by atoms with E-state index in [4.69, 9.17) is 32.7 Å². The first-order valence-corrected chi connectivity index (χ1v) is 15.0. The van der Waals surface area contributed by atoms with Gasteiger partial charge in [0.25, 0.3) is 5.91 Å². The van der Waals surface area contributed by atoms with Gasteiger partial charge in [0.2, 0.25) is 6.41 Å². The number of halogens is 2. The molecule has 1 saturated carbocycles. The fourth-order valence-corrected chi connectivity index (χ4v) is 6.22. The first-order valence-electron chi connectivity index (χ1n) is 14.3. The van der Waals surface area contributed by atoms with Crippen LogP contribution in [0.25, 0.3) is 10.9 Å². The molecule has 3 aromatic rings. The van der Waals surface area contributed by atoms with Crippen LogP contribution in [0.5, 0.6) is 0 Å². The summed E-state index contributed by atoms with van der Waals surface area (Å²) in [6.45, 7) is 1.46. The van der Waals surface area contributed by atoms with Gasteiger partial charge >= 0.3 is 5.97 Å². The molecule has 2 aliphatic rings. The van der Waals surface area contributed by atoms with Crippen LogP contribution in [0.2, 0.25) is 10.0 Å². The predicted octanol–water partition coefficient (Wildman–Crippen LogP) is 5.91. The third-order valence-electron chi connectivity index (χ3n) is 8.07. The van der Waals surface area contributed by atoms with Crippen LogP contribution in [-0.2, 0) is 32.5 Å². The fourth-order valence-electron chi connectivity index (χ4n) is 5.75. The monoisotopic (exact) mass is 615 g/mol. The van der Waals surface area contributed by atoms with Gasteiger partial charge in [0.1, 0.15) is 6.61 Å². The van der Waals surface area contributed by atoms with Gasteiger partial charge in [-0.05, 0) is 62.3 Å². The lowest BCUT2D eigenvalue weighted by molar-refractivity contribution is -0.243. The zero-order valence-electron chi connectivity index (χ0n) is 23.5. The van der Waals surface area contributed by atoms with Crippen molar-refractivity contribution in [3.63, 3.8) is 0 Å². The van der Waals surface area contributed by atoms with Crippen molar-refractivity contribution in [1.82, 2.24) is 9.47 Å². The lowest BCUT2D eigenvalue weighted by Crippen LogP contribution is -2.42. The van der Waals surface area contributed by atoms with Crippen molar-refractivity contribution in [2.75, 3.05) is 25.0 Å². The maximum absolute atomic E-state index is 13.1. The third-order valence-corrected chi connectivity index (χ3v) is 8.74. The standard InChI is InChI=1S/C31H35Cl2N3O6/c1-35-17-24(23-6-2-3-7-28(23)35)29(38)34-27-16-25(32)20(15-26(27)33)14-21(37)18-41-31(36-12-4-5-13-36)42-22-10-8-19(9-11-22)30(39)40/h2-3,6-7,15-17,19,22,31H,4-5,8-14,18H2,1H3,(H,34,38)(H,39,40). The Balaban J connectivity index is 1.19. The van der Waals surface area contributed by atoms with E-state index in [-0.39, 0.29) is 41.8 Å². The minimum Gasteiger partial charge on any atom is -0.481 e. The first-order chi connectivity index (χ1) is 20.2. The van der Waals surface area contributed by atoms with Gasteiger partial charge < -0.3 is 24.5 Å². The molecule has 0 spiro atoms. The lowest BCUT2D eigenvalue weighted by atomic mass is 9.87. The summed E-state index contributed by atoms with van der Waals surface area (Å²) < 4.78 is 14.1. The van der Waals surface area contributed by atoms with Crippen LogP contribution >= 0.6 is 23.2 Å². The summed E-state index contributed by atoms with van der Waals surface area (Å²) in [4.78, 5) is 39.4. The SMILES string of the molecule is Cn1cc(C(=O)Nc2cc(Cl)c(CC(=O)COC(OC3CCC(C(=O)O)CC3)N3CCCC3)cc2Cl)c2ccccc21. The molecule has 42 heavy (non-hydrogen) atoms. The molecule has 2 heterocycles. The van der Waals surface area contributed by atoms with E-state index in [1.165, 1.54) is 0 Å². The number of anilines is 1. The molecule has 9 nitrogen and oxygen atoms in total. The first kappa shape index (κ1) is 30.5. The van der Waals surface area contributed by atoms with E-state index in [9.17, 15) is 19.5 Å². The molecule has 1 saturated heterocycles. The molecule has 224 valence electrons. The number of aliphatic carboxylic acids is 1. The van der Waals surface area contributed by atoms with Gasteiger partial charge in [-0.15, -0.1) is 0 Å². The van der Waals surface area contributed by atoms with E-state index in [1.807, 2.05) is 35.9 Å². The molecule has 2 fully saturated rings. The number of carboxylic acid groups (broad SMARTS) is 1. The largest absolute Gasteiger partial charge is 0.481 e. The molecule has 2 N–H and O–H groups in total. The molecule has 1 unspecified atom stereocenters. The van der Waals surface area contributed by atoms with Crippen molar-refractivity contribution in [2.45, 2.75) is 57.5 Å². The molecule has 1 aliphatic heterocycles. The number of carbonyl (C=O) groups excluding carboxylic acids is 2. The molecule has 0 radical (unpaired) electrons. The highest BCUT2D eigenvalue weighted by molar-refractivity contribution is 6.36. The number of hydrogen-bond donors (Lipinski definition) is 2. The average molecular weight is 617 g/mol. The Hall–Kier alpha value is -2.95. The number of carbonyl (C=O) groups is 3. The summed E-state index contributed by atoms with van der Waals surface area (Å²) in [5, 5.41) is 13.5. The topological polar surface area (TPSA) is 110 Å². The Morgan fingerprint density at radius 1 is 1.05 bits per heavy atom. The van der Waals surface area contributed by atoms with Crippen molar-refractivity contribution in [2.24, 2.45) is 13.0 Å². The number of likely N-dealkylation sites (tertiary alicyclic amines) is 1. The summed E-state index contributed by atoms with van der Waals surface area (Å²) in [6.07, 6.45) is 5.51. The van der Waals surface area contributed by atoms with E-state index in [1.54, 1.807) is 18.3 Å². The van der Waals surface area contributed by atoms with Crippen LogP contribution in [-0.4, -0.2) is 64.4 Å². The van der Waals surface area contributed by atoms with E-state index < -0.39 is 12.4 Å². The fraction of sp³-hybridized carbons (Fsp3) is 0.452. The van der Waals surface area contributed by atoms with E-state index >= 15 is 0 Å². The number of Topliss-reactive ketones (excluding diaryl/α,β-unsaturated/α-hetero) is 1. The van der Waals surface area contributed by atoms with Crippen LogP contribution in [0, 0.1) is 5.92 Å². The van der Waals surface area contributed by atoms with Gasteiger partial charge in [0.05, 0.1) is 28.3 Å². The number of nitrogens with one attached hydrogen (secondary N) is 1. The molecule has 1 aromatic heterocycles. The third kappa shape index (κ3) is 7.15. The summed E-state index contributed by atoms with van der Waals surface area (Å²) in [5.41, 5.74) is 2.34. The second-order valence-corrected chi connectivity index (χ2v) is 11.9. The number of aromatic nitrogens is 1. The Morgan fingerprint density at radius 3 is 2.48 bits per heavy atom. The number of benzene rings is 2. The van der Waals surface area contributed by atoms with Crippen LogP contribution in [0.3, 0.4) is 0 Å². The smallest absolute Gasteiger partial charge is 0.306 e. The number of aryl methyl sites for hydroxylation is 1. The van der Waals surface area contributed by atoms with Gasteiger partial charge in [-0.2, -0.15) is 0 Å². The Morgan fingerprint density at radius 2 is 1.76 bits per heavy atom. The van der Waals surface area contributed by atoms with Crippen LogP contribution in [0.4, 0.5) is 5.69 Å². The molecule has 11 heteroatoms. The summed E-state index contributed by atoms with van der Waals surface area (Å²) in [5.74, 6) is -1.59. The van der Waals surface area contributed by atoms with Crippen molar-refractivity contribution >= 4 is 57.5 Å². The molecule has 5 rings (SSSR count). The maximum atomic E-state index is 13.1. The van der Waals surface area contributed by atoms with Crippen LogP contribution < -0.4 is 5.32 Å². The highest BCUT2D eigenvalue weighted by Crippen LogP contribution is 2.32. The normalized spacial score (nSPS) is 20.1. The molecule has 1 aliphatic carbocycles. The number of para-hydroxylation sites is 1. The van der Waals surface area contributed by atoms with E-state index in [2.05, 4.69) is 10.2 Å². The zero-order chi connectivity index (χ0) is 29.8. The molecule has 1 amide bonds. The number of carboxylic acids is 1. The number of fused-ring (bicyclic) bond motifs is 1. The summed E-state index contributed by atoms with van der Waals surface area (Å²) in [7, 11) is 1.88. The number of hydrogen-bond acceptors (Lipinski definition) is 6. The second-order valence-electron chi connectivity index (χ2n) is 11.1. The predicted molar refractivity (Wildman–Crippen MR) is 161 cm³/mol. The Bertz CT molecular complexity index is 1460. The zero-order valence-corrected chi connectivity index (χ0v) is 25.0. The molecular formula is C31H35Cl2N3O6.